The van der Waals surface area contributed by atoms with E-state index in [-0.39, 0.29) is 11.9 Å². The third-order valence-corrected chi connectivity index (χ3v) is 1.24. The van der Waals surface area contributed by atoms with Crippen LogP contribution in [0.1, 0.15) is 33.1 Å². The molecule has 1 N–H and O–H groups in total. The van der Waals surface area contributed by atoms with Crippen molar-refractivity contribution >= 4 is 5.78 Å². The lowest BCUT2D eigenvalue weighted by atomic mass is 10.1. The minimum atomic E-state index is -0.333. The number of carbonyl (C=O) groups excluding carboxylic acids is 1. The molecule has 0 aromatic carbocycles. The highest BCUT2D eigenvalue weighted by molar-refractivity contribution is 5.77. The summed E-state index contributed by atoms with van der Waals surface area (Å²) in [4.78, 5) is 10.6. The minimum absolute atomic E-state index is 0.232. The predicted molar refractivity (Wildman–Crippen MR) is 36.2 cm³/mol. The topological polar surface area (TPSA) is 37.3 Å². The number of ketones is 1. The maximum Gasteiger partial charge on any atom is 0.132 e. The third-order valence-electron chi connectivity index (χ3n) is 1.24. The van der Waals surface area contributed by atoms with Crippen LogP contribution in [0.5, 0.6) is 0 Å². The fraction of sp³-hybridized carbons (Fsp3) is 0.857. The van der Waals surface area contributed by atoms with Crippen molar-refractivity contribution in [2.45, 2.75) is 39.2 Å². The van der Waals surface area contributed by atoms with Crippen LogP contribution in [0.15, 0.2) is 0 Å². The lowest BCUT2D eigenvalue weighted by Crippen LogP contribution is -2.03. The summed E-state index contributed by atoms with van der Waals surface area (Å²) in [5.74, 6) is 0.232. The Balaban J connectivity index is 3.17. The van der Waals surface area contributed by atoms with Crippen LogP contribution in [0.25, 0.3) is 0 Å². The van der Waals surface area contributed by atoms with Crippen LogP contribution in [0.2, 0.25) is 0 Å². The van der Waals surface area contributed by atoms with Crippen LogP contribution in [0, 0.1) is 0 Å². The molecule has 2 nitrogen and oxygen atoms in total. The standard InChI is InChI=1S/C7H14O2/c1-3-7(9)5-4-6(2)8/h6,8H,3-5H2,1-2H3. The van der Waals surface area contributed by atoms with Crippen molar-refractivity contribution < 1.29 is 9.90 Å². The fourth-order valence-corrected chi connectivity index (χ4v) is 0.547. The van der Waals surface area contributed by atoms with Gasteiger partial charge in [0.1, 0.15) is 5.78 Å². The Morgan fingerprint density at radius 3 is 2.56 bits per heavy atom. The van der Waals surface area contributed by atoms with Crippen molar-refractivity contribution in [2.75, 3.05) is 0 Å². The van der Waals surface area contributed by atoms with Crippen molar-refractivity contribution in [2.24, 2.45) is 0 Å². The first-order chi connectivity index (χ1) is 4.16. The molecular formula is C7H14O2. The molecule has 0 amide bonds. The molecule has 9 heavy (non-hydrogen) atoms. The molecule has 0 saturated carbocycles. The van der Waals surface area contributed by atoms with E-state index in [0.29, 0.717) is 19.3 Å². The van der Waals surface area contributed by atoms with Gasteiger partial charge in [0, 0.05) is 12.8 Å². The molecule has 0 aromatic rings. The average molecular weight is 130 g/mol. The summed E-state index contributed by atoms with van der Waals surface area (Å²) in [6, 6.07) is 0. The zero-order valence-electron chi connectivity index (χ0n) is 6.05. The highest BCUT2D eigenvalue weighted by atomic mass is 16.3. The molecule has 1 unspecified atom stereocenters. The van der Waals surface area contributed by atoms with Crippen molar-refractivity contribution in [3.63, 3.8) is 0 Å². The van der Waals surface area contributed by atoms with Crippen LogP contribution < -0.4 is 0 Å². The van der Waals surface area contributed by atoms with Gasteiger partial charge in [0.15, 0.2) is 0 Å². The molecule has 1 atom stereocenters. The lowest BCUT2D eigenvalue weighted by molar-refractivity contribution is -0.119. The van der Waals surface area contributed by atoms with Crippen molar-refractivity contribution in [1.29, 1.82) is 0 Å². The van der Waals surface area contributed by atoms with E-state index in [1.165, 1.54) is 0 Å². The molecule has 0 radical (unpaired) electrons. The average Bonchev–Trinajstić information content (AvgIpc) is 1.83. The predicted octanol–water partition coefficient (Wildman–Crippen LogP) is 1.13. The summed E-state index contributed by atoms with van der Waals surface area (Å²) in [5.41, 5.74) is 0. The molecule has 0 saturated heterocycles. The summed E-state index contributed by atoms with van der Waals surface area (Å²) in [6.45, 7) is 3.54. The van der Waals surface area contributed by atoms with Gasteiger partial charge in [0.2, 0.25) is 0 Å². The van der Waals surface area contributed by atoms with Gasteiger partial charge in [-0.2, -0.15) is 0 Å². The number of aliphatic hydroxyl groups is 1. The molecule has 0 rings (SSSR count). The van der Waals surface area contributed by atoms with Crippen LogP contribution in [-0.2, 0) is 4.79 Å². The van der Waals surface area contributed by atoms with Crippen molar-refractivity contribution in [1.82, 2.24) is 0 Å². The SMILES string of the molecule is CCC(=O)CCC(C)O. The molecule has 0 aromatic heterocycles. The first-order valence-corrected chi connectivity index (χ1v) is 3.36. The molecule has 2 heteroatoms. The Morgan fingerprint density at radius 2 is 2.22 bits per heavy atom. The van der Waals surface area contributed by atoms with E-state index >= 15 is 0 Å². The summed E-state index contributed by atoms with van der Waals surface area (Å²) in [7, 11) is 0. The second kappa shape index (κ2) is 4.50. The van der Waals surface area contributed by atoms with Crippen molar-refractivity contribution in [3.05, 3.63) is 0 Å². The second-order valence-electron chi connectivity index (χ2n) is 2.28. The number of Topliss-reactive ketones (excluding diaryl/α,β-unsaturated/α-hetero) is 1. The normalized spacial score (nSPS) is 13.2. The van der Waals surface area contributed by atoms with Gasteiger partial charge in [-0.1, -0.05) is 6.92 Å². The molecule has 0 bridgehead atoms. The number of carbonyl (C=O) groups is 1. The van der Waals surface area contributed by atoms with E-state index < -0.39 is 0 Å². The molecule has 54 valence electrons. The number of aliphatic hydroxyl groups excluding tert-OH is 1. The molecular weight excluding hydrogens is 116 g/mol. The Morgan fingerprint density at radius 1 is 1.67 bits per heavy atom. The van der Waals surface area contributed by atoms with Gasteiger partial charge in [-0.3, -0.25) is 4.79 Å². The fourth-order valence-electron chi connectivity index (χ4n) is 0.547. The summed E-state index contributed by atoms with van der Waals surface area (Å²) in [5, 5.41) is 8.74. The highest BCUT2D eigenvalue weighted by Gasteiger charge is 2.00. The Kier molecular flexibility index (Phi) is 4.32. The van der Waals surface area contributed by atoms with Gasteiger partial charge in [0.05, 0.1) is 6.10 Å². The molecule has 0 spiro atoms. The van der Waals surface area contributed by atoms with Gasteiger partial charge >= 0.3 is 0 Å². The largest absolute Gasteiger partial charge is 0.393 e. The van der Waals surface area contributed by atoms with E-state index in [1.54, 1.807) is 6.92 Å². The number of hydrogen-bond acceptors (Lipinski definition) is 2. The van der Waals surface area contributed by atoms with Gasteiger partial charge in [-0.25, -0.2) is 0 Å². The Bertz CT molecular complexity index is 86.9. The minimum Gasteiger partial charge on any atom is -0.393 e. The van der Waals surface area contributed by atoms with E-state index in [1.807, 2.05) is 6.92 Å². The zero-order chi connectivity index (χ0) is 7.28. The van der Waals surface area contributed by atoms with Crippen LogP contribution in [-0.4, -0.2) is 17.0 Å². The maximum atomic E-state index is 10.6. The van der Waals surface area contributed by atoms with E-state index in [2.05, 4.69) is 0 Å². The monoisotopic (exact) mass is 130 g/mol. The lowest BCUT2D eigenvalue weighted by Gasteiger charge is -1.99. The van der Waals surface area contributed by atoms with E-state index in [9.17, 15) is 4.79 Å². The van der Waals surface area contributed by atoms with Gasteiger partial charge in [-0.15, -0.1) is 0 Å². The van der Waals surface area contributed by atoms with Crippen LogP contribution in [0.4, 0.5) is 0 Å². The maximum absolute atomic E-state index is 10.6. The molecule has 0 fully saturated rings. The zero-order valence-corrected chi connectivity index (χ0v) is 6.05. The summed E-state index contributed by atoms with van der Waals surface area (Å²) in [6.07, 6.45) is 1.38. The first-order valence-electron chi connectivity index (χ1n) is 3.36. The quantitative estimate of drug-likeness (QED) is 0.619. The third kappa shape index (κ3) is 5.50. The second-order valence-corrected chi connectivity index (χ2v) is 2.28. The van der Waals surface area contributed by atoms with Gasteiger partial charge in [-0.05, 0) is 13.3 Å². The smallest absolute Gasteiger partial charge is 0.132 e. The summed E-state index contributed by atoms with van der Waals surface area (Å²) < 4.78 is 0. The molecule has 0 heterocycles. The van der Waals surface area contributed by atoms with E-state index in [0.717, 1.165) is 0 Å². The van der Waals surface area contributed by atoms with Crippen molar-refractivity contribution in [3.8, 4) is 0 Å². The first kappa shape index (κ1) is 8.63. The van der Waals surface area contributed by atoms with Gasteiger partial charge in [0.25, 0.3) is 0 Å². The Hall–Kier alpha value is -0.370. The Labute approximate surface area is 55.9 Å². The molecule has 0 aliphatic carbocycles. The summed E-state index contributed by atoms with van der Waals surface area (Å²) >= 11 is 0. The number of hydrogen-bond donors (Lipinski definition) is 1. The van der Waals surface area contributed by atoms with E-state index in [4.69, 9.17) is 5.11 Å². The van der Waals surface area contributed by atoms with Crippen LogP contribution in [0.3, 0.4) is 0 Å². The molecule has 0 aliphatic rings. The van der Waals surface area contributed by atoms with Crippen LogP contribution >= 0.6 is 0 Å². The van der Waals surface area contributed by atoms with Gasteiger partial charge < -0.3 is 5.11 Å². The highest BCUT2D eigenvalue weighted by Crippen LogP contribution is 1.98. The molecule has 0 aliphatic heterocycles. The number of rotatable bonds is 4.